The zero-order valence-corrected chi connectivity index (χ0v) is 13.6. The molecule has 1 aromatic heterocycles. The van der Waals surface area contributed by atoms with Crippen LogP contribution in [0, 0.1) is 0 Å². The average Bonchev–Trinajstić information content (AvgIpc) is 2.92. The monoisotopic (exact) mass is 336 g/mol. The fourth-order valence-electron chi connectivity index (χ4n) is 1.62. The normalized spacial score (nSPS) is 11.0. The minimum atomic E-state index is -3.66. The smallest absolute Gasteiger partial charge is 0.264 e. The number of hydrogen-bond acceptors (Lipinski definition) is 5. The number of nitrogen functional groups attached to an aromatic ring is 1. The van der Waals surface area contributed by atoms with Gasteiger partial charge in [0.2, 0.25) is 0 Å². The Bertz CT molecular complexity index is 823. The summed E-state index contributed by atoms with van der Waals surface area (Å²) < 4.78 is 28.1. The van der Waals surface area contributed by atoms with Gasteiger partial charge in [0.05, 0.1) is 16.0 Å². The van der Waals surface area contributed by atoms with Gasteiger partial charge in [0.25, 0.3) is 10.1 Å². The van der Waals surface area contributed by atoms with Gasteiger partial charge in [0.15, 0.2) is 0 Å². The topological polar surface area (TPSA) is 93.3 Å². The van der Waals surface area contributed by atoms with Gasteiger partial charge in [-0.1, -0.05) is 12.1 Å². The maximum Gasteiger partial charge on any atom is 0.264 e. The van der Waals surface area contributed by atoms with Crippen LogP contribution in [0.1, 0.15) is 6.92 Å². The highest BCUT2D eigenvalue weighted by atomic mass is 32.2. The molecule has 0 radical (unpaired) electrons. The van der Waals surface area contributed by atoms with E-state index in [9.17, 15) is 8.42 Å². The van der Waals surface area contributed by atoms with E-state index in [1.165, 1.54) is 11.6 Å². The molecular formula is C15H16N2O3S2. The number of hydrogen-bond donors (Lipinski definition) is 2. The maximum atomic E-state index is 9.56. The number of nitrogens with zero attached hydrogens (tertiary/aromatic N) is 1. The molecular weight excluding hydrogens is 320 g/mol. The van der Waals surface area contributed by atoms with Crippen molar-refractivity contribution >= 4 is 37.4 Å². The van der Waals surface area contributed by atoms with Crippen molar-refractivity contribution in [3.8, 4) is 10.6 Å². The maximum absolute atomic E-state index is 9.56. The second-order valence-corrected chi connectivity index (χ2v) is 7.25. The lowest BCUT2D eigenvalue weighted by Gasteiger charge is -1.95. The van der Waals surface area contributed by atoms with E-state index in [4.69, 9.17) is 10.3 Å². The van der Waals surface area contributed by atoms with Crippen LogP contribution >= 0.6 is 11.3 Å². The SMILES string of the molecule is CCS(=O)(=O)O.Nc1ccc(-c2nc3ccccc3s2)cc1. The van der Waals surface area contributed by atoms with Crippen LogP contribution in [0.2, 0.25) is 0 Å². The fourth-order valence-corrected chi connectivity index (χ4v) is 2.59. The predicted octanol–water partition coefficient (Wildman–Crippen LogP) is 3.44. The van der Waals surface area contributed by atoms with Crippen molar-refractivity contribution in [2.75, 3.05) is 11.5 Å². The minimum absolute atomic E-state index is 0.201. The molecule has 0 atom stereocenters. The van der Waals surface area contributed by atoms with Crippen LogP contribution in [-0.4, -0.2) is 23.7 Å². The van der Waals surface area contributed by atoms with Crippen molar-refractivity contribution in [3.05, 3.63) is 48.5 Å². The zero-order chi connectivity index (χ0) is 16.2. The first kappa shape index (κ1) is 16.4. The lowest BCUT2D eigenvalue weighted by molar-refractivity contribution is 0.484. The largest absolute Gasteiger partial charge is 0.399 e. The summed E-state index contributed by atoms with van der Waals surface area (Å²) in [4.78, 5) is 4.59. The molecule has 7 heteroatoms. The molecule has 0 aliphatic heterocycles. The second-order valence-electron chi connectivity index (χ2n) is 4.48. The van der Waals surface area contributed by atoms with Gasteiger partial charge in [-0.3, -0.25) is 4.55 Å². The number of para-hydroxylation sites is 1. The van der Waals surface area contributed by atoms with Crippen LogP contribution in [0.15, 0.2) is 48.5 Å². The summed E-state index contributed by atoms with van der Waals surface area (Å²) in [5.41, 5.74) is 8.62. The summed E-state index contributed by atoms with van der Waals surface area (Å²) in [5.74, 6) is -0.201. The molecule has 0 saturated carbocycles. The first-order chi connectivity index (χ1) is 10.4. The van der Waals surface area contributed by atoms with Gasteiger partial charge in [0, 0.05) is 11.3 Å². The lowest BCUT2D eigenvalue weighted by Crippen LogP contribution is -1.97. The van der Waals surface area contributed by atoms with Crippen molar-refractivity contribution in [1.82, 2.24) is 4.98 Å². The zero-order valence-electron chi connectivity index (χ0n) is 11.9. The molecule has 1 heterocycles. The fraction of sp³-hybridized carbons (Fsp3) is 0.133. The minimum Gasteiger partial charge on any atom is -0.399 e. The Kier molecular flexibility index (Phi) is 5.12. The Hall–Kier alpha value is -1.96. The van der Waals surface area contributed by atoms with Crippen LogP contribution < -0.4 is 5.73 Å². The second kappa shape index (κ2) is 6.87. The van der Waals surface area contributed by atoms with Crippen LogP contribution in [0.5, 0.6) is 0 Å². The summed E-state index contributed by atoms with van der Waals surface area (Å²) in [7, 11) is -3.66. The van der Waals surface area contributed by atoms with E-state index < -0.39 is 10.1 Å². The summed E-state index contributed by atoms with van der Waals surface area (Å²) in [6, 6.07) is 16.0. The number of thiazole rings is 1. The van der Waals surface area contributed by atoms with Gasteiger partial charge < -0.3 is 5.73 Å². The van der Waals surface area contributed by atoms with Crippen LogP contribution in [0.4, 0.5) is 5.69 Å². The highest BCUT2D eigenvalue weighted by molar-refractivity contribution is 7.85. The molecule has 2 aromatic carbocycles. The number of benzene rings is 2. The molecule has 116 valence electrons. The summed E-state index contributed by atoms with van der Waals surface area (Å²) in [6.45, 7) is 1.37. The highest BCUT2D eigenvalue weighted by Crippen LogP contribution is 2.30. The first-order valence-corrected chi connectivity index (χ1v) is 8.98. The van der Waals surface area contributed by atoms with Crippen molar-refractivity contribution < 1.29 is 13.0 Å². The standard InChI is InChI=1S/C13H10N2S.C2H6O3S/c14-10-7-5-9(6-8-10)13-15-11-3-1-2-4-12(11)16-13;1-2-6(3,4)5/h1-8H,14H2;2H2,1H3,(H,3,4,5). The number of rotatable bonds is 2. The average molecular weight is 336 g/mol. The van der Waals surface area contributed by atoms with Crippen molar-refractivity contribution in [2.24, 2.45) is 0 Å². The molecule has 0 spiro atoms. The molecule has 22 heavy (non-hydrogen) atoms. The van der Waals surface area contributed by atoms with E-state index in [2.05, 4.69) is 11.1 Å². The highest BCUT2D eigenvalue weighted by Gasteiger charge is 2.04. The summed E-state index contributed by atoms with van der Waals surface area (Å²) in [6.07, 6.45) is 0. The summed E-state index contributed by atoms with van der Waals surface area (Å²) in [5, 5.41) is 1.04. The van der Waals surface area contributed by atoms with Crippen molar-refractivity contribution in [2.45, 2.75) is 6.92 Å². The molecule has 0 aliphatic rings. The Morgan fingerprint density at radius 1 is 1.14 bits per heavy atom. The van der Waals surface area contributed by atoms with Crippen LogP contribution in [0.3, 0.4) is 0 Å². The van der Waals surface area contributed by atoms with E-state index in [0.29, 0.717) is 0 Å². The predicted molar refractivity (Wildman–Crippen MR) is 91.6 cm³/mol. The van der Waals surface area contributed by atoms with Crippen molar-refractivity contribution in [1.29, 1.82) is 0 Å². The van der Waals surface area contributed by atoms with E-state index in [1.54, 1.807) is 11.3 Å². The van der Waals surface area contributed by atoms with Gasteiger partial charge in [-0.05, 0) is 43.3 Å². The van der Waals surface area contributed by atoms with Crippen LogP contribution in [0.25, 0.3) is 20.8 Å². The van der Waals surface area contributed by atoms with Gasteiger partial charge in [-0.2, -0.15) is 8.42 Å². The summed E-state index contributed by atoms with van der Waals surface area (Å²) >= 11 is 1.70. The number of aromatic nitrogens is 1. The first-order valence-electron chi connectivity index (χ1n) is 6.55. The molecule has 0 amide bonds. The molecule has 0 saturated heterocycles. The van der Waals surface area contributed by atoms with Gasteiger partial charge in [0.1, 0.15) is 5.01 Å². The third kappa shape index (κ3) is 4.52. The van der Waals surface area contributed by atoms with Gasteiger partial charge >= 0.3 is 0 Å². The third-order valence-electron chi connectivity index (χ3n) is 2.82. The van der Waals surface area contributed by atoms with Crippen molar-refractivity contribution in [3.63, 3.8) is 0 Å². The molecule has 5 nitrogen and oxygen atoms in total. The number of nitrogens with two attached hydrogens (primary N) is 1. The molecule has 0 fully saturated rings. The quantitative estimate of drug-likeness (QED) is 0.552. The number of anilines is 1. The Balaban J connectivity index is 0.000000254. The van der Waals surface area contributed by atoms with E-state index in [0.717, 1.165) is 21.8 Å². The number of fused-ring (bicyclic) bond motifs is 1. The Morgan fingerprint density at radius 3 is 2.27 bits per heavy atom. The van der Waals surface area contributed by atoms with Gasteiger partial charge in [-0.25, -0.2) is 4.98 Å². The van der Waals surface area contributed by atoms with E-state index in [-0.39, 0.29) is 5.75 Å². The van der Waals surface area contributed by atoms with Gasteiger partial charge in [-0.15, -0.1) is 11.3 Å². The molecule has 3 rings (SSSR count). The van der Waals surface area contributed by atoms with E-state index in [1.807, 2.05) is 42.5 Å². The third-order valence-corrected chi connectivity index (χ3v) is 4.63. The Morgan fingerprint density at radius 2 is 1.73 bits per heavy atom. The molecule has 3 N–H and O–H groups in total. The van der Waals surface area contributed by atoms with Crippen LogP contribution in [-0.2, 0) is 10.1 Å². The molecule has 3 aromatic rings. The Labute approximate surface area is 133 Å². The molecule has 0 bridgehead atoms. The molecule has 0 aliphatic carbocycles. The molecule has 0 unspecified atom stereocenters. The lowest BCUT2D eigenvalue weighted by atomic mass is 10.2. The van der Waals surface area contributed by atoms with E-state index >= 15 is 0 Å².